The second-order valence-electron chi connectivity index (χ2n) is 5.51. The summed E-state index contributed by atoms with van der Waals surface area (Å²) in [5.74, 6) is 0. The number of aromatic nitrogens is 2. The first-order valence-electron chi connectivity index (χ1n) is 7.40. The average Bonchev–Trinajstić information content (AvgIpc) is 2.92. The van der Waals surface area contributed by atoms with Crippen LogP contribution in [0.4, 0.5) is 0 Å². The first-order chi connectivity index (χ1) is 10.2. The Labute approximate surface area is 125 Å². The zero-order chi connectivity index (χ0) is 14.8. The van der Waals surface area contributed by atoms with Crippen LogP contribution in [0.1, 0.15) is 23.6 Å². The molecule has 1 N–H and O–H groups in total. The minimum absolute atomic E-state index is 0.961. The van der Waals surface area contributed by atoms with Crippen LogP contribution in [-0.2, 0) is 6.42 Å². The first kappa shape index (κ1) is 13.6. The monoisotopic (exact) mass is 276 g/mol. The molecule has 1 heterocycles. The molecule has 0 atom stereocenters. The van der Waals surface area contributed by atoms with Gasteiger partial charge in [0.05, 0.1) is 11.4 Å². The molecule has 0 saturated heterocycles. The average molecular weight is 276 g/mol. The minimum Gasteiger partial charge on any atom is -0.277 e. The summed E-state index contributed by atoms with van der Waals surface area (Å²) < 4.78 is 0. The van der Waals surface area contributed by atoms with E-state index in [1.54, 1.807) is 0 Å². The Morgan fingerprint density at radius 2 is 1.33 bits per heavy atom. The van der Waals surface area contributed by atoms with Crippen molar-refractivity contribution in [1.82, 2.24) is 10.2 Å². The molecule has 0 radical (unpaired) electrons. The third-order valence-corrected chi connectivity index (χ3v) is 3.89. The molecule has 0 aliphatic carbocycles. The lowest BCUT2D eigenvalue weighted by molar-refractivity contribution is 1.10. The van der Waals surface area contributed by atoms with Gasteiger partial charge in [0, 0.05) is 11.1 Å². The maximum atomic E-state index is 4.56. The molecule has 0 spiro atoms. The third-order valence-electron chi connectivity index (χ3n) is 3.89. The molecule has 1 aromatic heterocycles. The minimum atomic E-state index is 0.961. The number of hydrogen-bond acceptors (Lipinski definition) is 1. The van der Waals surface area contributed by atoms with Crippen LogP contribution in [0.2, 0.25) is 0 Å². The van der Waals surface area contributed by atoms with Crippen LogP contribution in [0.15, 0.2) is 48.5 Å². The quantitative estimate of drug-likeness (QED) is 0.722. The Hall–Kier alpha value is -2.35. The third kappa shape index (κ3) is 2.62. The lowest BCUT2D eigenvalue weighted by atomic mass is 9.99. The summed E-state index contributed by atoms with van der Waals surface area (Å²) in [4.78, 5) is 0. The smallest absolute Gasteiger partial charge is 0.0959 e. The van der Waals surface area contributed by atoms with Gasteiger partial charge in [0.2, 0.25) is 0 Å². The summed E-state index contributed by atoms with van der Waals surface area (Å²) in [6, 6.07) is 17.1. The Bertz CT molecular complexity index is 671. The van der Waals surface area contributed by atoms with Crippen LogP contribution in [0.5, 0.6) is 0 Å². The molecule has 0 bridgehead atoms. The van der Waals surface area contributed by atoms with Crippen molar-refractivity contribution in [3.8, 4) is 22.5 Å². The normalized spacial score (nSPS) is 10.8. The van der Waals surface area contributed by atoms with E-state index in [0.717, 1.165) is 17.8 Å². The van der Waals surface area contributed by atoms with Crippen LogP contribution >= 0.6 is 0 Å². The topological polar surface area (TPSA) is 28.7 Å². The lowest BCUT2D eigenvalue weighted by Gasteiger charge is -2.05. The van der Waals surface area contributed by atoms with Gasteiger partial charge < -0.3 is 0 Å². The van der Waals surface area contributed by atoms with Crippen molar-refractivity contribution < 1.29 is 0 Å². The molecular formula is C19H20N2. The predicted molar refractivity (Wildman–Crippen MR) is 88.3 cm³/mol. The number of aromatic amines is 1. The zero-order valence-electron chi connectivity index (χ0n) is 12.8. The van der Waals surface area contributed by atoms with E-state index < -0.39 is 0 Å². The molecule has 0 aliphatic heterocycles. The van der Waals surface area contributed by atoms with Crippen molar-refractivity contribution in [3.63, 3.8) is 0 Å². The van der Waals surface area contributed by atoms with E-state index in [1.807, 2.05) is 0 Å². The number of hydrogen-bond donors (Lipinski definition) is 1. The Balaban J connectivity index is 2.08. The second-order valence-corrected chi connectivity index (χ2v) is 5.51. The summed E-state index contributed by atoms with van der Waals surface area (Å²) in [5, 5.41) is 7.78. The molecular weight excluding hydrogens is 256 g/mol. The second kappa shape index (κ2) is 5.57. The predicted octanol–water partition coefficient (Wildman–Crippen LogP) is 4.92. The number of nitrogens with zero attached hydrogens (tertiary/aromatic N) is 1. The number of H-pyrrole nitrogens is 1. The lowest BCUT2D eigenvalue weighted by Crippen LogP contribution is -1.88. The summed E-state index contributed by atoms with van der Waals surface area (Å²) in [5.41, 5.74) is 8.39. The van der Waals surface area contributed by atoms with Crippen molar-refractivity contribution >= 4 is 0 Å². The molecule has 3 aromatic rings. The molecule has 106 valence electrons. The van der Waals surface area contributed by atoms with E-state index in [4.69, 9.17) is 0 Å². The van der Waals surface area contributed by atoms with Gasteiger partial charge in [-0.05, 0) is 25.8 Å². The molecule has 21 heavy (non-hydrogen) atoms. The van der Waals surface area contributed by atoms with Crippen molar-refractivity contribution in [2.24, 2.45) is 0 Å². The van der Waals surface area contributed by atoms with Crippen LogP contribution in [0.25, 0.3) is 22.5 Å². The standard InChI is InChI=1S/C19H20N2/c1-4-17-18(15-9-5-13(2)6-10-15)20-21-19(17)16-11-7-14(3)8-12-16/h5-12H,4H2,1-3H3,(H,20,21). The van der Waals surface area contributed by atoms with Gasteiger partial charge in [-0.2, -0.15) is 5.10 Å². The maximum Gasteiger partial charge on any atom is 0.0959 e. The van der Waals surface area contributed by atoms with Gasteiger partial charge >= 0.3 is 0 Å². The van der Waals surface area contributed by atoms with Gasteiger partial charge in [0.25, 0.3) is 0 Å². The number of benzene rings is 2. The van der Waals surface area contributed by atoms with E-state index in [0.29, 0.717) is 0 Å². The number of nitrogens with one attached hydrogen (secondary N) is 1. The Morgan fingerprint density at radius 1 is 0.810 bits per heavy atom. The van der Waals surface area contributed by atoms with E-state index in [2.05, 4.69) is 79.5 Å². The van der Waals surface area contributed by atoms with Gasteiger partial charge in [-0.25, -0.2) is 0 Å². The zero-order valence-corrected chi connectivity index (χ0v) is 12.8. The molecule has 2 heteroatoms. The molecule has 2 nitrogen and oxygen atoms in total. The SMILES string of the molecule is CCc1c(-c2ccc(C)cc2)n[nH]c1-c1ccc(C)cc1. The van der Waals surface area contributed by atoms with Gasteiger partial charge in [-0.15, -0.1) is 0 Å². The van der Waals surface area contributed by atoms with Crippen LogP contribution < -0.4 is 0 Å². The van der Waals surface area contributed by atoms with Crippen molar-refractivity contribution in [2.45, 2.75) is 27.2 Å². The van der Waals surface area contributed by atoms with Crippen LogP contribution in [0.3, 0.4) is 0 Å². The summed E-state index contributed by atoms with van der Waals surface area (Å²) >= 11 is 0. The molecule has 3 rings (SSSR count). The fourth-order valence-corrected chi connectivity index (χ4v) is 2.62. The Morgan fingerprint density at radius 3 is 1.86 bits per heavy atom. The molecule has 0 aliphatic rings. The van der Waals surface area contributed by atoms with Crippen molar-refractivity contribution in [3.05, 3.63) is 65.2 Å². The van der Waals surface area contributed by atoms with Gasteiger partial charge in [0.1, 0.15) is 0 Å². The maximum absolute atomic E-state index is 4.56. The Kier molecular flexibility index (Phi) is 3.61. The van der Waals surface area contributed by atoms with Crippen LogP contribution in [0, 0.1) is 13.8 Å². The molecule has 0 amide bonds. The van der Waals surface area contributed by atoms with E-state index in [-0.39, 0.29) is 0 Å². The van der Waals surface area contributed by atoms with Gasteiger partial charge in [-0.3, -0.25) is 5.10 Å². The van der Waals surface area contributed by atoms with E-state index in [1.165, 1.54) is 27.8 Å². The highest BCUT2D eigenvalue weighted by Crippen LogP contribution is 2.30. The molecule has 0 unspecified atom stereocenters. The van der Waals surface area contributed by atoms with Crippen molar-refractivity contribution in [1.29, 1.82) is 0 Å². The fourth-order valence-electron chi connectivity index (χ4n) is 2.62. The summed E-state index contributed by atoms with van der Waals surface area (Å²) in [6.45, 7) is 6.39. The molecule has 0 saturated carbocycles. The number of rotatable bonds is 3. The number of aryl methyl sites for hydroxylation is 2. The highest BCUT2D eigenvalue weighted by molar-refractivity contribution is 5.74. The van der Waals surface area contributed by atoms with E-state index in [9.17, 15) is 0 Å². The van der Waals surface area contributed by atoms with Gasteiger partial charge in [0.15, 0.2) is 0 Å². The highest BCUT2D eigenvalue weighted by atomic mass is 15.1. The van der Waals surface area contributed by atoms with Crippen LogP contribution in [-0.4, -0.2) is 10.2 Å². The fraction of sp³-hybridized carbons (Fsp3) is 0.211. The highest BCUT2D eigenvalue weighted by Gasteiger charge is 2.14. The molecule has 2 aromatic carbocycles. The van der Waals surface area contributed by atoms with Gasteiger partial charge in [-0.1, -0.05) is 66.6 Å². The van der Waals surface area contributed by atoms with E-state index >= 15 is 0 Å². The van der Waals surface area contributed by atoms with Crippen molar-refractivity contribution in [2.75, 3.05) is 0 Å². The molecule has 0 fully saturated rings. The summed E-state index contributed by atoms with van der Waals surface area (Å²) in [6.07, 6.45) is 0.961. The first-order valence-corrected chi connectivity index (χ1v) is 7.40. The largest absolute Gasteiger partial charge is 0.277 e. The summed E-state index contributed by atoms with van der Waals surface area (Å²) in [7, 11) is 0.